The Morgan fingerprint density at radius 1 is 1.40 bits per heavy atom. The fraction of sp³-hybridized carbons (Fsp3) is 0.273. The summed E-state index contributed by atoms with van der Waals surface area (Å²) in [5.41, 5.74) is 2.17. The normalized spacial score (nSPS) is 15.1. The van der Waals surface area contributed by atoms with Gasteiger partial charge in [0, 0.05) is 10.9 Å². The molecule has 0 fully saturated rings. The van der Waals surface area contributed by atoms with E-state index >= 15 is 0 Å². The van der Waals surface area contributed by atoms with Crippen LogP contribution in [0.15, 0.2) is 22.7 Å². The second-order valence-electron chi connectivity index (χ2n) is 3.64. The second-order valence-corrected chi connectivity index (χ2v) is 4.56. The predicted molar refractivity (Wildman–Crippen MR) is 66.1 cm³/mol. The number of fused-ring (bicyclic) bond motifs is 1. The molecule has 0 bridgehead atoms. The Morgan fingerprint density at radius 2 is 2.13 bits per heavy atom. The average molecular weight is 266 g/mol. The van der Waals surface area contributed by atoms with Gasteiger partial charge < -0.3 is 0 Å². The van der Waals surface area contributed by atoms with Crippen LogP contribution in [0.25, 0.3) is 0 Å². The maximum atomic E-state index is 7.83. The Morgan fingerprint density at radius 3 is 2.80 bits per heavy atom. The van der Waals surface area contributed by atoms with Gasteiger partial charge in [-0.15, -0.1) is 0 Å². The van der Waals surface area contributed by atoms with Crippen LogP contribution in [-0.4, -0.2) is 11.7 Å². The quantitative estimate of drug-likeness (QED) is 0.550. The van der Waals surface area contributed by atoms with Crippen molar-refractivity contribution in [3.63, 3.8) is 0 Å². The molecular weight excluding hydrogens is 254 g/mol. The number of hydrogen-bond donors (Lipinski definition) is 2. The molecule has 0 aliphatic carbocycles. The highest BCUT2D eigenvalue weighted by Gasteiger charge is 2.22. The van der Waals surface area contributed by atoms with Crippen molar-refractivity contribution in [3.8, 4) is 0 Å². The molecule has 1 heterocycles. The van der Waals surface area contributed by atoms with E-state index in [0.29, 0.717) is 18.1 Å². The molecule has 78 valence electrons. The summed E-state index contributed by atoms with van der Waals surface area (Å²) in [5, 5.41) is 15.5. The van der Waals surface area contributed by atoms with Crippen molar-refractivity contribution in [3.05, 3.63) is 28.2 Å². The molecule has 0 saturated heterocycles. The summed E-state index contributed by atoms with van der Waals surface area (Å²) in [6, 6.07) is 5.98. The van der Waals surface area contributed by atoms with Crippen LogP contribution >= 0.6 is 15.9 Å². The van der Waals surface area contributed by atoms with Gasteiger partial charge >= 0.3 is 0 Å². The number of nitrogens with zero attached hydrogens (tertiary/aromatic N) is 1. The summed E-state index contributed by atoms with van der Waals surface area (Å²) in [6.07, 6.45) is 1.59. The lowest BCUT2D eigenvalue weighted by Crippen LogP contribution is -2.37. The average Bonchev–Trinajstić information content (AvgIpc) is 2.17. The molecule has 2 N–H and O–H groups in total. The van der Waals surface area contributed by atoms with Crippen molar-refractivity contribution in [1.29, 1.82) is 10.8 Å². The Kier molecular flexibility index (Phi) is 2.61. The smallest absolute Gasteiger partial charge is 0.106 e. The summed E-state index contributed by atoms with van der Waals surface area (Å²) in [6.45, 7) is 1.71. The molecule has 1 aromatic carbocycles. The van der Waals surface area contributed by atoms with Gasteiger partial charge in [0.2, 0.25) is 0 Å². The van der Waals surface area contributed by atoms with Gasteiger partial charge in [-0.1, -0.05) is 15.9 Å². The van der Waals surface area contributed by atoms with Gasteiger partial charge in [0.1, 0.15) is 11.7 Å². The van der Waals surface area contributed by atoms with E-state index in [9.17, 15) is 0 Å². The zero-order chi connectivity index (χ0) is 11.0. The van der Waals surface area contributed by atoms with E-state index in [1.165, 1.54) is 5.56 Å². The van der Waals surface area contributed by atoms with E-state index in [1.807, 2.05) is 12.1 Å². The topological polar surface area (TPSA) is 50.9 Å². The van der Waals surface area contributed by atoms with Crippen molar-refractivity contribution in [1.82, 2.24) is 0 Å². The van der Waals surface area contributed by atoms with E-state index in [4.69, 9.17) is 10.8 Å². The third-order valence-corrected chi connectivity index (χ3v) is 3.01. The number of hydrogen-bond acceptors (Lipinski definition) is 2. The van der Waals surface area contributed by atoms with Crippen molar-refractivity contribution in [2.75, 3.05) is 4.90 Å². The first kappa shape index (κ1) is 10.4. The molecule has 0 saturated carbocycles. The van der Waals surface area contributed by atoms with Crippen molar-refractivity contribution in [2.45, 2.75) is 19.8 Å². The van der Waals surface area contributed by atoms with Crippen LogP contribution in [0, 0.1) is 10.8 Å². The minimum absolute atomic E-state index is 0.406. The number of benzene rings is 1. The lowest BCUT2D eigenvalue weighted by Gasteiger charge is -2.30. The van der Waals surface area contributed by atoms with E-state index in [0.717, 1.165) is 16.6 Å². The second kappa shape index (κ2) is 3.77. The molecule has 3 nitrogen and oxygen atoms in total. The van der Waals surface area contributed by atoms with E-state index in [2.05, 4.69) is 22.0 Å². The van der Waals surface area contributed by atoms with E-state index < -0.39 is 0 Å². The molecule has 0 spiro atoms. The molecule has 1 aromatic rings. The predicted octanol–water partition coefficient (Wildman–Crippen LogP) is 3.18. The number of nitrogens with one attached hydrogen (secondary N) is 2. The Bertz CT molecular complexity index is 439. The first-order valence-corrected chi connectivity index (χ1v) is 5.60. The van der Waals surface area contributed by atoms with Gasteiger partial charge in [0.15, 0.2) is 0 Å². The zero-order valence-electron chi connectivity index (χ0n) is 8.47. The fourth-order valence-electron chi connectivity index (χ4n) is 1.87. The van der Waals surface area contributed by atoms with E-state index in [1.54, 1.807) is 11.8 Å². The first-order valence-electron chi connectivity index (χ1n) is 4.80. The van der Waals surface area contributed by atoms with Gasteiger partial charge in [-0.3, -0.25) is 15.7 Å². The highest BCUT2D eigenvalue weighted by atomic mass is 79.9. The largest absolute Gasteiger partial charge is 0.288 e. The van der Waals surface area contributed by atoms with Crippen LogP contribution in [0.5, 0.6) is 0 Å². The number of rotatable bonds is 0. The van der Waals surface area contributed by atoms with Crippen molar-refractivity contribution >= 4 is 33.3 Å². The molecule has 15 heavy (non-hydrogen) atoms. The zero-order valence-corrected chi connectivity index (χ0v) is 10.1. The number of amidine groups is 2. The maximum absolute atomic E-state index is 7.83. The van der Waals surface area contributed by atoms with E-state index in [-0.39, 0.29) is 0 Å². The molecule has 0 amide bonds. The SMILES string of the molecule is CC(=N)N1C(=N)CCc2cc(Br)ccc21. The Labute approximate surface area is 97.2 Å². The number of aryl methyl sites for hydroxylation is 1. The lowest BCUT2D eigenvalue weighted by atomic mass is 10.0. The lowest BCUT2D eigenvalue weighted by molar-refractivity contribution is 0.966. The third-order valence-electron chi connectivity index (χ3n) is 2.52. The Balaban J connectivity index is 2.53. The van der Waals surface area contributed by atoms with Crippen LogP contribution in [0.1, 0.15) is 18.9 Å². The van der Waals surface area contributed by atoms with Gasteiger partial charge in [-0.25, -0.2) is 0 Å². The summed E-state index contributed by atoms with van der Waals surface area (Å²) in [5.74, 6) is 0.917. The van der Waals surface area contributed by atoms with Gasteiger partial charge in [-0.2, -0.15) is 0 Å². The number of halogens is 1. The number of anilines is 1. The van der Waals surface area contributed by atoms with Crippen LogP contribution in [-0.2, 0) is 6.42 Å². The molecular formula is C11H12BrN3. The molecule has 0 radical (unpaired) electrons. The highest BCUT2D eigenvalue weighted by molar-refractivity contribution is 9.10. The Hall–Kier alpha value is -1.16. The molecule has 0 aromatic heterocycles. The van der Waals surface area contributed by atoms with Gasteiger partial charge in [0.05, 0.1) is 5.69 Å². The summed E-state index contributed by atoms with van der Waals surface area (Å²) < 4.78 is 1.05. The third kappa shape index (κ3) is 1.81. The monoisotopic (exact) mass is 265 g/mol. The molecule has 2 rings (SSSR count). The minimum Gasteiger partial charge on any atom is -0.288 e. The van der Waals surface area contributed by atoms with Crippen LogP contribution in [0.2, 0.25) is 0 Å². The minimum atomic E-state index is 0.406. The van der Waals surface area contributed by atoms with Crippen LogP contribution in [0.4, 0.5) is 5.69 Å². The summed E-state index contributed by atoms with van der Waals surface area (Å²) in [4.78, 5) is 1.70. The first-order chi connectivity index (χ1) is 7.09. The molecule has 1 aliphatic heterocycles. The van der Waals surface area contributed by atoms with Gasteiger partial charge in [-0.05, 0) is 37.1 Å². The van der Waals surface area contributed by atoms with Crippen molar-refractivity contribution in [2.24, 2.45) is 0 Å². The summed E-state index contributed by atoms with van der Waals surface area (Å²) in [7, 11) is 0. The molecule has 0 atom stereocenters. The van der Waals surface area contributed by atoms with Crippen molar-refractivity contribution < 1.29 is 0 Å². The van der Waals surface area contributed by atoms with Gasteiger partial charge in [0.25, 0.3) is 0 Å². The van der Waals surface area contributed by atoms with Crippen LogP contribution < -0.4 is 4.90 Å². The molecule has 4 heteroatoms. The highest BCUT2D eigenvalue weighted by Crippen LogP contribution is 2.30. The standard InChI is InChI=1S/C11H12BrN3/c1-7(13)15-10-4-3-9(12)6-8(10)2-5-11(15)14/h3-4,6,13-14H,2,5H2,1H3. The van der Waals surface area contributed by atoms with Crippen LogP contribution in [0.3, 0.4) is 0 Å². The molecule has 1 aliphatic rings. The fourth-order valence-corrected chi connectivity index (χ4v) is 2.27. The molecule has 0 unspecified atom stereocenters. The maximum Gasteiger partial charge on any atom is 0.106 e. The summed E-state index contributed by atoms with van der Waals surface area (Å²) >= 11 is 3.44.